The average Bonchev–Trinajstić information content (AvgIpc) is 3.65. The van der Waals surface area contributed by atoms with Crippen LogP contribution in [0.2, 0.25) is 0 Å². The van der Waals surface area contributed by atoms with Crippen LogP contribution in [0.4, 0.5) is 10.7 Å². The third-order valence-corrected chi connectivity index (χ3v) is 11.2. The van der Waals surface area contributed by atoms with Crippen molar-refractivity contribution in [3.05, 3.63) is 157 Å². The van der Waals surface area contributed by atoms with Gasteiger partial charge in [-0.3, -0.25) is 4.57 Å². The highest BCUT2D eigenvalue weighted by Gasteiger charge is 2.22. The zero-order valence-corrected chi connectivity index (χ0v) is 27.6. The Morgan fingerprint density at radius 1 is 0.653 bits per heavy atom. The number of hydrogen-bond acceptors (Lipinski definition) is 3. The van der Waals surface area contributed by atoms with Crippen molar-refractivity contribution in [2.45, 2.75) is 12.8 Å². The average molecular weight is 646 g/mol. The van der Waals surface area contributed by atoms with Gasteiger partial charge in [0.15, 0.2) is 0 Å². The molecular weight excluding hydrogens is 615 g/mol. The predicted octanol–water partition coefficient (Wildman–Crippen LogP) is 12.3. The molecule has 2 heterocycles. The first kappa shape index (κ1) is 28.1. The van der Waals surface area contributed by atoms with Gasteiger partial charge in [0.1, 0.15) is 16.5 Å². The van der Waals surface area contributed by atoms with Crippen LogP contribution in [0.25, 0.3) is 75.9 Å². The lowest BCUT2D eigenvalue weighted by Gasteiger charge is -2.20. The molecular formula is C45H31N3S. The highest BCUT2D eigenvalue weighted by atomic mass is 32.1. The molecule has 0 spiro atoms. The Hall–Kier alpha value is -5.97. The second kappa shape index (κ2) is 10.8. The molecule has 49 heavy (non-hydrogen) atoms. The van der Waals surface area contributed by atoms with Crippen molar-refractivity contribution in [1.29, 1.82) is 0 Å². The summed E-state index contributed by atoms with van der Waals surface area (Å²) in [5.74, 6) is 0.765. The minimum Gasteiger partial charge on any atom is -0.389 e. The van der Waals surface area contributed by atoms with E-state index in [0.717, 1.165) is 56.6 Å². The van der Waals surface area contributed by atoms with Crippen LogP contribution in [-0.4, -0.2) is 10.4 Å². The first-order valence-electron chi connectivity index (χ1n) is 16.8. The van der Waals surface area contributed by atoms with Crippen LogP contribution in [0, 0.1) is 0 Å². The number of thiophene rings is 1. The third-order valence-electron chi connectivity index (χ3n) is 10.2. The highest BCUT2D eigenvalue weighted by molar-refractivity contribution is 7.23. The van der Waals surface area contributed by atoms with Crippen molar-refractivity contribution >= 4 is 104 Å². The molecule has 2 N–H and O–H groups in total. The number of nitrogens with two attached hydrogens (primary N) is 1. The van der Waals surface area contributed by atoms with Gasteiger partial charge in [-0.15, -0.1) is 11.3 Å². The molecule has 1 aliphatic carbocycles. The topological polar surface area (TPSA) is 43.3 Å². The lowest BCUT2D eigenvalue weighted by atomic mass is 9.85. The number of anilines is 1. The van der Waals surface area contributed by atoms with Crippen LogP contribution < -0.4 is 5.73 Å². The van der Waals surface area contributed by atoms with Gasteiger partial charge in [-0.05, 0) is 92.2 Å². The Morgan fingerprint density at radius 2 is 1.35 bits per heavy atom. The van der Waals surface area contributed by atoms with Crippen molar-refractivity contribution in [2.24, 2.45) is 4.99 Å². The molecule has 7 aromatic carbocycles. The number of nitrogens with zero attached hydrogens (tertiary/aromatic N) is 2. The van der Waals surface area contributed by atoms with E-state index in [1.165, 1.54) is 54.2 Å². The summed E-state index contributed by atoms with van der Waals surface area (Å²) in [4.78, 5) is 5.51. The second-order valence-electron chi connectivity index (χ2n) is 12.9. The second-order valence-corrected chi connectivity index (χ2v) is 14.0. The van der Waals surface area contributed by atoms with Crippen molar-refractivity contribution in [2.75, 3.05) is 5.73 Å². The lowest BCUT2D eigenvalue weighted by molar-refractivity contribution is 1.00. The molecule has 1 aliphatic rings. The molecule has 0 aliphatic heterocycles. The number of fused-ring (bicyclic) bond motifs is 11. The number of rotatable bonds is 3. The van der Waals surface area contributed by atoms with E-state index in [2.05, 4.69) is 144 Å². The van der Waals surface area contributed by atoms with E-state index >= 15 is 0 Å². The van der Waals surface area contributed by atoms with E-state index in [1.807, 2.05) is 0 Å². The van der Waals surface area contributed by atoms with Crippen molar-refractivity contribution in [3.8, 4) is 0 Å². The summed E-state index contributed by atoms with van der Waals surface area (Å²) in [5.41, 5.74) is 14.3. The van der Waals surface area contributed by atoms with Crippen molar-refractivity contribution in [1.82, 2.24) is 4.57 Å². The van der Waals surface area contributed by atoms with Crippen molar-refractivity contribution in [3.63, 3.8) is 0 Å². The monoisotopic (exact) mass is 645 g/mol. The number of aryl methyl sites for hydroxylation is 1. The van der Waals surface area contributed by atoms with E-state index in [0.29, 0.717) is 5.00 Å². The molecule has 0 bridgehead atoms. The molecule has 0 saturated heterocycles. The summed E-state index contributed by atoms with van der Waals surface area (Å²) in [6, 6.07) is 45.7. The van der Waals surface area contributed by atoms with Crippen LogP contribution in [-0.2, 0) is 6.42 Å². The van der Waals surface area contributed by atoms with Gasteiger partial charge in [0, 0.05) is 26.4 Å². The smallest absolute Gasteiger partial charge is 0.145 e. The van der Waals surface area contributed by atoms with E-state index < -0.39 is 0 Å². The van der Waals surface area contributed by atoms with Gasteiger partial charge in [0.25, 0.3) is 0 Å². The van der Waals surface area contributed by atoms with Crippen LogP contribution in [0.3, 0.4) is 0 Å². The summed E-state index contributed by atoms with van der Waals surface area (Å²) in [6.45, 7) is 4.82. The summed E-state index contributed by atoms with van der Waals surface area (Å²) < 4.78 is 3.42. The number of aromatic nitrogens is 1. The van der Waals surface area contributed by atoms with E-state index in [-0.39, 0.29) is 0 Å². The molecule has 4 heteroatoms. The molecule has 0 saturated carbocycles. The van der Waals surface area contributed by atoms with Crippen LogP contribution in [0.1, 0.15) is 23.1 Å². The SMILES string of the molecule is C=C(C(=Nc1c(N)sc2ccccc12)n1c2ccccc2c2cc3ccccc3cc21)c1ccc2c(c1)c1c(c3ccccc32)CCC=C1. The highest BCUT2D eigenvalue weighted by Crippen LogP contribution is 2.43. The zero-order chi connectivity index (χ0) is 32.6. The summed E-state index contributed by atoms with van der Waals surface area (Å²) in [5, 5.41) is 11.6. The molecule has 0 fully saturated rings. The standard InChI is InChI=1S/C45H31N3S/c1-27(28-22-23-35-33-16-5-4-14-31(33)32-15-6-7-17-34(32)38(35)24-28)45(47-43-37-19-9-11-21-42(37)49-44(43)46)48-40-20-10-8-18-36(40)39-25-29-12-2-3-13-30(29)26-41(39)48/h2-5,7-14,16-26H,1,6,15,46H2. The number of allylic oxidation sites excluding steroid dienone is 2. The molecule has 3 nitrogen and oxygen atoms in total. The molecule has 232 valence electrons. The summed E-state index contributed by atoms with van der Waals surface area (Å²) in [7, 11) is 0. The Labute approximate surface area is 287 Å². The molecule has 10 rings (SSSR count). The van der Waals surface area contributed by atoms with Crippen LogP contribution in [0.15, 0.2) is 145 Å². The fourth-order valence-electron chi connectivity index (χ4n) is 7.90. The molecule has 0 radical (unpaired) electrons. The van der Waals surface area contributed by atoms with Crippen LogP contribution in [0.5, 0.6) is 0 Å². The van der Waals surface area contributed by atoms with E-state index in [1.54, 1.807) is 11.3 Å². The maximum atomic E-state index is 6.76. The van der Waals surface area contributed by atoms with Gasteiger partial charge in [0.05, 0.1) is 11.0 Å². The summed E-state index contributed by atoms with van der Waals surface area (Å²) >= 11 is 1.58. The summed E-state index contributed by atoms with van der Waals surface area (Å²) in [6.07, 6.45) is 6.72. The fraction of sp³-hybridized carbons (Fsp3) is 0.0444. The lowest BCUT2D eigenvalue weighted by Crippen LogP contribution is -2.13. The predicted molar refractivity (Wildman–Crippen MR) is 214 cm³/mol. The minimum absolute atomic E-state index is 0.696. The third kappa shape index (κ3) is 4.24. The number of hydrogen-bond donors (Lipinski definition) is 1. The van der Waals surface area contributed by atoms with Gasteiger partial charge in [0.2, 0.25) is 0 Å². The molecule has 0 atom stereocenters. The first-order valence-corrected chi connectivity index (χ1v) is 17.6. The quantitative estimate of drug-likeness (QED) is 0.116. The largest absolute Gasteiger partial charge is 0.389 e. The Bertz CT molecular complexity index is 2920. The zero-order valence-electron chi connectivity index (χ0n) is 26.8. The minimum atomic E-state index is 0.696. The number of para-hydroxylation sites is 1. The number of aliphatic imine (C=N–C) groups is 1. The maximum absolute atomic E-state index is 6.76. The Kier molecular flexibility index (Phi) is 6.18. The van der Waals surface area contributed by atoms with Gasteiger partial charge >= 0.3 is 0 Å². The normalized spacial score (nSPS) is 13.3. The van der Waals surface area contributed by atoms with Gasteiger partial charge in [-0.25, -0.2) is 4.99 Å². The number of benzene rings is 7. The van der Waals surface area contributed by atoms with E-state index in [4.69, 9.17) is 17.3 Å². The fourth-order valence-corrected chi connectivity index (χ4v) is 8.81. The Morgan fingerprint density at radius 3 is 2.20 bits per heavy atom. The Balaban J connectivity index is 1.29. The van der Waals surface area contributed by atoms with Crippen LogP contribution >= 0.6 is 11.3 Å². The molecule has 0 unspecified atom stereocenters. The van der Waals surface area contributed by atoms with Gasteiger partial charge in [-0.2, -0.15) is 0 Å². The van der Waals surface area contributed by atoms with Gasteiger partial charge < -0.3 is 5.73 Å². The number of nitrogen functional groups attached to an aromatic ring is 1. The van der Waals surface area contributed by atoms with E-state index in [9.17, 15) is 0 Å². The maximum Gasteiger partial charge on any atom is 0.145 e. The first-order chi connectivity index (χ1) is 24.1. The molecule has 2 aromatic heterocycles. The van der Waals surface area contributed by atoms with Gasteiger partial charge in [-0.1, -0.05) is 116 Å². The van der Waals surface area contributed by atoms with Crippen molar-refractivity contribution < 1.29 is 0 Å². The molecule has 0 amide bonds. The molecule has 9 aromatic rings.